The van der Waals surface area contributed by atoms with Gasteiger partial charge >= 0.3 is 10.1 Å². The third kappa shape index (κ3) is 1.38. The van der Waals surface area contributed by atoms with E-state index in [0.717, 1.165) is 5.41 Å². The average molecular weight is 197 g/mol. The Morgan fingerprint density at radius 3 is 2.85 bits per heavy atom. The van der Waals surface area contributed by atoms with Crippen molar-refractivity contribution >= 4 is 21.9 Å². The van der Waals surface area contributed by atoms with Gasteiger partial charge in [0.15, 0.2) is 5.75 Å². The smallest absolute Gasteiger partial charge is 0.332 e. The Labute approximate surface area is 75.8 Å². The van der Waals surface area contributed by atoms with E-state index in [1.807, 2.05) is 0 Å². The van der Waals surface area contributed by atoms with Gasteiger partial charge in [-0.05, 0) is 12.1 Å². The highest BCUT2D eigenvalue weighted by atomic mass is 32.2. The van der Waals surface area contributed by atoms with Crippen LogP contribution in [0.4, 0.5) is 5.69 Å². The molecule has 0 atom stereocenters. The molecule has 0 aromatic heterocycles. The molecule has 5 heteroatoms. The minimum Gasteiger partial charge on any atom is -0.396 e. The van der Waals surface area contributed by atoms with Gasteiger partial charge in [-0.2, -0.15) is 8.42 Å². The number of para-hydroxylation sites is 1. The van der Waals surface area contributed by atoms with Crippen LogP contribution >= 0.6 is 0 Å². The molecule has 0 amide bonds. The van der Waals surface area contributed by atoms with Crippen LogP contribution in [0.25, 0.3) is 6.08 Å². The summed E-state index contributed by atoms with van der Waals surface area (Å²) in [5.74, 6) is 0.213. The van der Waals surface area contributed by atoms with Gasteiger partial charge in [-0.15, -0.1) is 0 Å². The van der Waals surface area contributed by atoms with Crippen molar-refractivity contribution in [3.8, 4) is 5.75 Å². The molecule has 4 nitrogen and oxygen atoms in total. The van der Waals surface area contributed by atoms with Crippen molar-refractivity contribution in [2.75, 3.05) is 5.73 Å². The van der Waals surface area contributed by atoms with Crippen LogP contribution in [-0.4, -0.2) is 8.42 Å². The predicted molar refractivity (Wildman–Crippen MR) is 49.4 cm³/mol. The summed E-state index contributed by atoms with van der Waals surface area (Å²) in [6.45, 7) is 0. The van der Waals surface area contributed by atoms with Crippen molar-refractivity contribution in [1.29, 1.82) is 0 Å². The Morgan fingerprint density at radius 2 is 2.08 bits per heavy atom. The van der Waals surface area contributed by atoms with Crippen molar-refractivity contribution in [2.24, 2.45) is 0 Å². The maximum Gasteiger partial charge on any atom is 0.332 e. The molecular weight excluding hydrogens is 190 g/mol. The molecule has 1 heterocycles. The third-order valence-corrected chi connectivity index (χ3v) is 2.56. The lowest BCUT2D eigenvalue weighted by Crippen LogP contribution is -2.10. The molecule has 68 valence electrons. The lowest BCUT2D eigenvalue weighted by molar-refractivity contribution is 0.495. The molecule has 1 aromatic carbocycles. The molecule has 13 heavy (non-hydrogen) atoms. The maximum atomic E-state index is 11.0. The number of rotatable bonds is 0. The summed E-state index contributed by atoms with van der Waals surface area (Å²) in [5, 5.41) is 1.01. The molecule has 0 spiro atoms. The minimum absolute atomic E-state index is 0.213. The summed E-state index contributed by atoms with van der Waals surface area (Å²) in [7, 11) is -3.58. The fourth-order valence-electron chi connectivity index (χ4n) is 1.10. The average Bonchev–Trinajstić information content (AvgIpc) is 2.06. The highest BCUT2D eigenvalue weighted by molar-refractivity contribution is 7.90. The standard InChI is InChI=1S/C8H7NO3S/c9-7-3-1-2-6-4-5-13(10,11)12-8(6)7/h1-5H,9H2. The molecule has 0 saturated carbocycles. The molecule has 0 bridgehead atoms. The van der Waals surface area contributed by atoms with Crippen molar-refractivity contribution in [3.05, 3.63) is 29.2 Å². The molecule has 1 aliphatic heterocycles. The number of benzene rings is 1. The van der Waals surface area contributed by atoms with Crippen LogP contribution < -0.4 is 9.92 Å². The number of nitrogen functional groups attached to an aromatic ring is 1. The SMILES string of the molecule is Nc1cccc2c1OS(=O)(=O)C=C2. The first kappa shape index (κ1) is 8.12. The van der Waals surface area contributed by atoms with Gasteiger partial charge in [-0.1, -0.05) is 12.1 Å². The number of hydrogen-bond donors (Lipinski definition) is 1. The minimum atomic E-state index is -3.58. The summed E-state index contributed by atoms with van der Waals surface area (Å²) >= 11 is 0. The normalized spacial score (nSPS) is 17.5. The summed E-state index contributed by atoms with van der Waals surface area (Å²) in [5.41, 5.74) is 6.54. The summed E-state index contributed by atoms with van der Waals surface area (Å²) in [6.07, 6.45) is 1.46. The molecule has 0 saturated heterocycles. The highest BCUT2D eigenvalue weighted by Gasteiger charge is 2.18. The maximum absolute atomic E-state index is 11.0. The fraction of sp³-hybridized carbons (Fsp3) is 0. The topological polar surface area (TPSA) is 69.4 Å². The van der Waals surface area contributed by atoms with Crippen molar-refractivity contribution < 1.29 is 12.6 Å². The first-order chi connectivity index (χ1) is 6.08. The van der Waals surface area contributed by atoms with Crippen LogP contribution in [0.2, 0.25) is 0 Å². The zero-order valence-electron chi connectivity index (χ0n) is 6.60. The van der Waals surface area contributed by atoms with E-state index in [1.165, 1.54) is 6.08 Å². The lowest BCUT2D eigenvalue weighted by Gasteiger charge is -2.13. The zero-order chi connectivity index (χ0) is 9.47. The largest absolute Gasteiger partial charge is 0.396 e. The van der Waals surface area contributed by atoms with E-state index in [-0.39, 0.29) is 5.75 Å². The number of anilines is 1. The highest BCUT2D eigenvalue weighted by Crippen LogP contribution is 2.32. The second-order valence-corrected chi connectivity index (χ2v) is 4.07. The molecule has 0 aliphatic carbocycles. The third-order valence-electron chi connectivity index (χ3n) is 1.69. The molecule has 2 rings (SSSR count). The molecular formula is C8H7NO3S. The fourth-order valence-corrected chi connectivity index (χ4v) is 1.90. The summed E-state index contributed by atoms with van der Waals surface area (Å²) < 4.78 is 26.7. The van der Waals surface area contributed by atoms with Gasteiger partial charge in [-0.3, -0.25) is 0 Å². The Morgan fingerprint density at radius 1 is 1.31 bits per heavy atom. The van der Waals surface area contributed by atoms with Crippen LogP contribution in [-0.2, 0) is 10.1 Å². The number of fused-ring (bicyclic) bond motifs is 1. The Balaban J connectivity index is 2.67. The molecule has 0 fully saturated rings. The van der Waals surface area contributed by atoms with Gasteiger partial charge in [0.1, 0.15) is 0 Å². The van der Waals surface area contributed by atoms with Crippen molar-refractivity contribution in [3.63, 3.8) is 0 Å². The zero-order valence-corrected chi connectivity index (χ0v) is 7.41. The first-order valence-corrected chi connectivity index (χ1v) is 5.07. The van der Waals surface area contributed by atoms with Gasteiger partial charge in [0.25, 0.3) is 0 Å². The van der Waals surface area contributed by atoms with Crippen LogP contribution in [0.15, 0.2) is 23.6 Å². The molecule has 1 aliphatic rings. The van der Waals surface area contributed by atoms with Crippen molar-refractivity contribution in [1.82, 2.24) is 0 Å². The van der Waals surface area contributed by atoms with E-state index in [9.17, 15) is 8.42 Å². The number of nitrogens with two attached hydrogens (primary N) is 1. The lowest BCUT2D eigenvalue weighted by atomic mass is 10.2. The van der Waals surface area contributed by atoms with Gasteiger partial charge < -0.3 is 9.92 Å². The monoisotopic (exact) mass is 197 g/mol. The van der Waals surface area contributed by atoms with E-state index in [0.29, 0.717) is 11.3 Å². The van der Waals surface area contributed by atoms with Crippen LogP contribution in [0, 0.1) is 0 Å². The number of hydrogen-bond acceptors (Lipinski definition) is 4. The van der Waals surface area contributed by atoms with E-state index >= 15 is 0 Å². The quantitative estimate of drug-likeness (QED) is 0.497. The first-order valence-electron chi connectivity index (χ1n) is 3.59. The van der Waals surface area contributed by atoms with E-state index in [2.05, 4.69) is 0 Å². The Hall–Kier alpha value is -1.49. The van der Waals surface area contributed by atoms with Gasteiger partial charge in [0.05, 0.1) is 11.1 Å². The Kier molecular flexibility index (Phi) is 1.56. The second kappa shape index (κ2) is 2.50. The van der Waals surface area contributed by atoms with E-state index < -0.39 is 10.1 Å². The van der Waals surface area contributed by atoms with E-state index in [4.69, 9.17) is 9.92 Å². The molecule has 2 N–H and O–H groups in total. The summed E-state index contributed by atoms with van der Waals surface area (Å²) in [6, 6.07) is 5.06. The van der Waals surface area contributed by atoms with Crippen molar-refractivity contribution in [2.45, 2.75) is 0 Å². The summed E-state index contributed by atoms with van der Waals surface area (Å²) in [4.78, 5) is 0. The molecule has 1 aromatic rings. The van der Waals surface area contributed by atoms with Gasteiger partial charge in [0.2, 0.25) is 0 Å². The van der Waals surface area contributed by atoms with E-state index in [1.54, 1.807) is 18.2 Å². The molecule has 0 radical (unpaired) electrons. The molecule has 0 unspecified atom stereocenters. The van der Waals surface area contributed by atoms with Crippen LogP contribution in [0.1, 0.15) is 5.56 Å². The van der Waals surface area contributed by atoms with Gasteiger partial charge in [-0.25, -0.2) is 0 Å². The second-order valence-electron chi connectivity index (χ2n) is 2.64. The van der Waals surface area contributed by atoms with Gasteiger partial charge in [0, 0.05) is 5.56 Å². The predicted octanol–water partition coefficient (Wildman–Crippen LogP) is 0.962. The van der Waals surface area contributed by atoms with Crippen LogP contribution in [0.5, 0.6) is 5.75 Å². The Bertz CT molecular complexity index is 476. The van der Waals surface area contributed by atoms with Crippen LogP contribution in [0.3, 0.4) is 0 Å².